The van der Waals surface area contributed by atoms with E-state index < -0.39 is 149 Å². The zero-order valence-corrected chi connectivity index (χ0v) is 23.5. The Hall–Kier alpha value is -0.840. The van der Waals surface area contributed by atoms with E-state index in [1.54, 1.807) is 0 Å². The van der Waals surface area contributed by atoms with Gasteiger partial charge < -0.3 is 105 Å². The molecule has 0 aromatic rings. The highest BCUT2D eigenvalue weighted by Crippen LogP contribution is 2.34. The van der Waals surface area contributed by atoms with Gasteiger partial charge in [0.05, 0.1) is 26.4 Å². The summed E-state index contributed by atoms with van der Waals surface area (Å²) in [5.74, 6) is 0. The van der Waals surface area contributed by atoms with E-state index in [0.717, 1.165) is 0 Å². The molecule has 4 rings (SSSR count). The first kappa shape index (κ1) is 37.0. The van der Waals surface area contributed by atoms with Gasteiger partial charge in [-0.25, -0.2) is 0 Å². The van der Waals surface area contributed by atoms with E-state index in [1.165, 1.54) is 0 Å². The van der Waals surface area contributed by atoms with Crippen molar-refractivity contribution in [3.63, 3.8) is 0 Å². The zero-order chi connectivity index (χ0) is 33.3. The highest BCUT2D eigenvalue weighted by molar-refractivity contribution is 4.97. The number of hydrogen-bond donors (Lipinski definition) is 14. The number of hydrogen-bond acceptors (Lipinski definition) is 21. The molecule has 0 aromatic carbocycles. The van der Waals surface area contributed by atoms with Crippen LogP contribution in [0, 0.1) is 0 Å². The summed E-state index contributed by atoms with van der Waals surface area (Å²) in [5, 5.41) is 143. The van der Waals surface area contributed by atoms with E-state index >= 15 is 0 Å². The van der Waals surface area contributed by atoms with Crippen molar-refractivity contribution in [2.24, 2.45) is 0 Å². The summed E-state index contributed by atoms with van der Waals surface area (Å²) in [5.41, 5.74) is 0. The van der Waals surface area contributed by atoms with Crippen LogP contribution in [0.4, 0.5) is 0 Å². The summed E-state index contributed by atoms with van der Waals surface area (Å²) >= 11 is 0. The molecule has 0 amide bonds. The molecule has 4 aliphatic heterocycles. The molecule has 4 fully saturated rings. The first-order valence-electron chi connectivity index (χ1n) is 14.1. The first-order valence-corrected chi connectivity index (χ1v) is 14.1. The summed E-state index contributed by atoms with van der Waals surface area (Å²) in [6.07, 6.45) is -36.4. The lowest BCUT2D eigenvalue weighted by Gasteiger charge is -2.49. The lowest BCUT2D eigenvalue weighted by atomic mass is 9.95. The lowest BCUT2D eigenvalue weighted by molar-refractivity contribution is -0.396. The highest BCUT2D eigenvalue weighted by atomic mass is 16.8. The fourth-order valence-electron chi connectivity index (χ4n) is 5.51. The van der Waals surface area contributed by atoms with E-state index in [4.69, 9.17) is 33.2 Å². The van der Waals surface area contributed by atoms with Crippen molar-refractivity contribution in [2.75, 3.05) is 26.4 Å². The van der Waals surface area contributed by atoms with Gasteiger partial charge in [0.2, 0.25) is 0 Å². The van der Waals surface area contributed by atoms with Crippen molar-refractivity contribution >= 4 is 0 Å². The Morgan fingerprint density at radius 3 is 1.24 bits per heavy atom. The third-order valence-corrected chi connectivity index (χ3v) is 8.21. The molecule has 0 spiro atoms. The summed E-state index contributed by atoms with van der Waals surface area (Å²) in [4.78, 5) is 0. The lowest BCUT2D eigenvalue weighted by Crippen LogP contribution is -2.68. The fraction of sp³-hybridized carbons (Fsp3) is 1.00. The van der Waals surface area contributed by atoms with Crippen LogP contribution in [-0.2, 0) is 33.2 Å². The van der Waals surface area contributed by atoms with Gasteiger partial charge >= 0.3 is 0 Å². The fourth-order valence-corrected chi connectivity index (χ4v) is 5.51. The second-order valence-corrected chi connectivity index (χ2v) is 11.1. The number of aliphatic hydroxyl groups is 14. The highest BCUT2D eigenvalue weighted by Gasteiger charge is 2.55. The SMILES string of the molecule is OC[C@H]1O[C@H](O[C@H]2[C@@H](O[C@@H]3[C@@H](O)[C@@H](O[C@@H]4[C@H](O)[C@@H](O)O[C@H](CO)[C@H]4O)O[C@H](CO)[C@H]3O)O[C@H](CO)[C@@H](O)[C@@H]2O)[C@H](O)[C@@H](O)[C@@H]1O. The third kappa shape index (κ3) is 7.44. The average molecular weight is 667 g/mol. The van der Waals surface area contributed by atoms with Crippen LogP contribution >= 0.6 is 0 Å². The largest absolute Gasteiger partial charge is 0.394 e. The Morgan fingerprint density at radius 2 is 0.711 bits per heavy atom. The van der Waals surface area contributed by atoms with E-state index in [-0.39, 0.29) is 0 Å². The molecule has 0 unspecified atom stereocenters. The maximum Gasteiger partial charge on any atom is 0.187 e. The number of aliphatic hydroxyl groups excluding tert-OH is 14. The monoisotopic (exact) mass is 666 g/mol. The van der Waals surface area contributed by atoms with Crippen molar-refractivity contribution in [1.29, 1.82) is 0 Å². The predicted molar refractivity (Wildman–Crippen MR) is 134 cm³/mol. The Bertz CT molecular complexity index is 916. The molecule has 14 N–H and O–H groups in total. The molecule has 4 saturated heterocycles. The number of ether oxygens (including phenoxy) is 7. The van der Waals surface area contributed by atoms with Crippen LogP contribution in [0.1, 0.15) is 0 Å². The molecule has 4 heterocycles. The zero-order valence-electron chi connectivity index (χ0n) is 23.5. The van der Waals surface area contributed by atoms with Gasteiger partial charge in [-0.2, -0.15) is 0 Å². The van der Waals surface area contributed by atoms with E-state index in [9.17, 15) is 71.5 Å². The molecular formula is C24H42O21. The summed E-state index contributed by atoms with van der Waals surface area (Å²) < 4.78 is 37.9. The summed E-state index contributed by atoms with van der Waals surface area (Å²) in [6, 6.07) is 0. The minimum atomic E-state index is -2.07. The first-order chi connectivity index (χ1) is 21.3. The Balaban J connectivity index is 1.58. The Morgan fingerprint density at radius 1 is 0.333 bits per heavy atom. The molecule has 45 heavy (non-hydrogen) atoms. The van der Waals surface area contributed by atoms with Gasteiger partial charge in [-0.3, -0.25) is 0 Å². The summed E-state index contributed by atoms with van der Waals surface area (Å²) in [7, 11) is 0. The maximum atomic E-state index is 11.1. The van der Waals surface area contributed by atoms with Gasteiger partial charge in [-0.15, -0.1) is 0 Å². The van der Waals surface area contributed by atoms with Crippen LogP contribution in [0.2, 0.25) is 0 Å². The van der Waals surface area contributed by atoms with Crippen molar-refractivity contribution in [2.45, 2.75) is 123 Å². The molecule has 0 aliphatic carbocycles. The Labute approximate surface area is 254 Å². The predicted octanol–water partition coefficient (Wildman–Crippen LogP) is -9.75. The van der Waals surface area contributed by atoms with Crippen molar-refractivity contribution in [3.05, 3.63) is 0 Å². The molecular weight excluding hydrogens is 624 g/mol. The van der Waals surface area contributed by atoms with Gasteiger partial charge in [0.1, 0.15) is 97.7 Å². The second kappa shape index (κ2) is 15.6. The smallest absolute Gasteiger partial charge is 0.187 e. The quantitative estimate of drug-likeness (QED) is 0.103. The van der Waals surface area contributed by atoms with Gasteiger partial charge in [0.25, 0.3) is 0 Å². The van der Waals surface area contributed by atoms with Crippen LogP contribution in [0.25, 0.3) is 0 Å². The molecule has 0 saturated carbocycles. The third-order valence-electron chi connectivity index (χ3n) is 8.21. The second-order valence-electron chi connectivity index (χ2n) is 11.1. The topological polar surface area (TPSA) is 348 Å². The van der Waals surface area contributed by atoms with Gasteiger partial charge in [0, 0.05) is 0 Å². The molecule has 21 nitrogen and oxygen atoms in total. The van der Waals surface area contributed by atoms with E-state index in [1.807, 2.05) is 0 Å². The maximum absolute atomic E-state index is 11.1. The molecule has 20 atom stereocenters. The molecule has 21 heteroatoms. The van der Waals surface area contributed by atoms with E-state index in [2.05, 4.69) is 0 Å². The Kier molecular flexibility index (Phi) is 12.8. The van der Waals surface area contributed by atoms with Crippen LogP contribution in [0.15, 0.2) is 0 Å². The van der Waals surface area contributed by atoms with Crippen LogP contribution in [0.5, 0.6) is 0 Å². The molecule has 264 valence electrons. The standard InChI is InChI=1S/C24H42O21/c25-1-5-9(29)13(33)15(35)22(40-5)45-20-14(34)10(30)6(2-26)42-24(20)44-19-12(32)8(4-28)41-23(17(19)37)43-18-11(31)7(3-27)39-21(38)16(18)36/h5-38H,1-4H2/t5-,6-,7-,8-,9-,10-,11-,12-,13+,14+,15-,16+,17-,18+,19+,20-,21+,22-,23-,24-/m1/s1. The van der Waals surface area contributed by atoms with Crippen molar-refractivity contribution < 1.29 is 105 Å². The normalized spacial score (nSPS) is 52.9. The molecule has 0 aromatic heterocycles. The molecule has 4 aliphatic rings. The van der Waals surface area contributed by atoms with Crippen LogP contribution < -0.4 is 0 Å². The molecule has 0 radical (unpaired) electrons. The minimum absolute atomic E-state index is 0.808. The summed E-state index contributed by atoms with van der Waals surface area (Å²) in [6.45, 7) is -3.44. The van der Waals surface area contributed by atoms with Crippen molar-refractivity contribution in [3.8, 4) is 0 Å². The average Bonchev–Trinajstić information content (AvgIpc) is 3.03. The van der Waals surface area contributed by atoms with Gasteiger partial charge in [-0.05, 0) is 0 Å². The van der Waals surface area contributed by atoms with Gasteiger partial charge in [0.15, 0.2) is 25.2 Å². The van der Waals surface area contributed by atoms with Crippen LogP contribution in [-0.4, -0.2) is 221 Å². The van der Waals surface area contributed by atoms with E-state index in [0.29, 0.717) is 0 Å². The minimum Gasteiger partial charge on any atom is -0.394 e. The van der Waals surface area contributed by atoms with Gasteiger partial charge in [-0.1, -0.05) is 0 Å². The number of rotatable bonds is 10. The molecule has 0 bridgehead atoms. The van der Waals surface area contributed by atoms with Crippen LogP contribution in [0.3, 0.4) is 0 Å². The van der Waals surface area contributed by atoms with Crippen molar-refractivity contribution in [1.82, 2.24) is 0 Å².